The Bertz CT molecular complexity index is 368. The van der Waals surface area contributed by atoms with Gasteiger partial charge in [-0.25, -0.2) is 0 Å². The van der Waals surface area contributed by atoms with Crippen LogP contribution in [-0.4, -0.2) is 20.4 Å². The summed E-state index contributed by atoms with van der Waals surface area (Å²) in [6, 6.07) is 3.45. The molecule has 0 amide bonds. The highest BCUT2D eigenvalue weighted by Crippen LogP contribution is 2.42. The third kappa shape index (κ3) is 1.71. The van der Waals surface area contributed by atoms with Crippen LogP contribution >= 0.6 is 0 Å². The summed E-state index contributed by atoms with van der Waals surface area (Å²) < 4.78 is 15.7. The average molecular weight is 210 g/mol. The molecule has 0 saturated carbocycles. The van der Waals surface area contributed by atoms with Crippen LogP contribution in [0.25, 0.3) is 0 Å². The highest BCUT2D eigenvalue weighted by Gasteiger charge is 2.21. The van der Waals surface area contributed by atoms with Crippen LogP contribution in [0.1, 0.15) is 11.6 Å². The first-order valence-electron chi connectivity index (χ1n) is 4.69. The molecule has 82 valence electrons. The fourth-order valence-corrected chi connectivity index (χ4v) is 1.50. The summed E-state index contributed by atoms with van der Waals surface area (Å²) in [5.41, 5.74) is 12.2. The number of nitrogens with two attached hydrogens (primary N) is 2. The normalized spacial score (nSPS) is 15.1. The molecule has 0 bridgehead atoms. The monoisotopic (exact) mass is 210 g/mol. The molecule has 0 unspecified atom stereocenters. The lowest BCUT2D eigenvalue weighted by Gasteiger charge is -2.12. The summed E-state index contributed by atoms with van der Waals surface area (Å²) >= 11 is 0. The summed E-state index contributed by atoms with van der Waals surface area (Å²) in [5.74, 6) is 1.92. The van der Waals surface area contributed by atoms with Crippen molar-refractivity contribution in [2.75, 3.05) is 20.4 Å². The molecule has 1 aromatic rings. The third-order valence-electron chi connectivity index (χ3n) is 2.36. The van der Waals surface area contributed by atoms with Crippen LogP contribution in [0.5, 0.6) is 17.2 Å². The molecule has 1 aliphatic rings. The number of hydrogen-bond acceptors (Lipinski definition) is 5. The van der Waals surface area contributed by atoms with Crippen molar-refractivity contribution >= 4 is 0 Å². The molecule has 1 atom stereocenters. The highest BCUT2D eigenvalue weighted by molar-refractivity contribution is 5.55. The summed E-state index contributed by atoms with van der Waals surface area (Å²) in [6.07, 6.45) is 0. The molecular weight excluding hydrogens is 196 g/mol. The van der Waals surface area contributed by atoms with E-state index in [9.17, 15) is 0 Å². The zero-order chi connectivity index (χ0) is 10.8. The highest BCUT2D eigenvalue weighted by atomic mass is 16.7. The molecule has 0 saturated heterocycles. The molecule has 1 aliphatic heterocycles. The van der Waals surface area contributed by atoms with Crippen molar-refractivity contribution in [1.82, 2.24) is 0 Å². The second-order valence-electron chi connectivity index (χ2n) is 3.30. The summed E-state index contributed by atoms with van der Waals surface area (Å²) in [6.45, 7) is 0.593. The zero-order valence-electron chi connectivity index (χ0n) is 8.53. The van der Waals surface area contributed by atoms with E-state index in [1.165, 1.54) is 0 Å². The molecule has 0 spiro atoms. The quantitative estimate of drug-likeness (QED) is 0.754. The molecule has 0 radical (unpaired) electrons. The van der Waals surface area contributed by atoms with Gasteiger partial charge < -0.3 is 25.7 Å². The number of hydrogen-bond donors (Lipinski definition) is 2. The predicted molar refractivity (Wildman–Crippen MR) is 55.1 cm³/mol. The van der Waals surface area contributed by atoms with E-state index in [-0.39, 0.29) is 12.8 Å². The maximum Gasteiger partial charge on any atom is 0.231 e. The fourth-order valence-electron chi connectivity index (χ4n) is 1.50. The van der Waals surface area contributed by atoms with Crippen molar-refractivity contribution < 1.29 is 14.2 Å². The van der Waals surface area contributed by atoms with Gasteiger partial charge in [-0.3, -0.25) is 0 Å². The first-order valence-corrected chi connectivity index (χ1v) is 4.69. The predicted octanol–water partition coefficient (Wildman–Crippen LogP) is 0.382. The van der Waals surface area contributed by atoms with Gasteiger partial charge in [-0.2, -0.15) is 0 Å². The van der Waals surface area contributed by atoms with E-state index in [0.29, 0.717) is 23.8 Å². The van der Waals surface area contributed by atoms with E-state index in [1.807, 2.05) is 12.1 Å². The van der Waals surface area contributed by atoms with Crippen LogP contribution in [0, 0.1) is 0 Å². The minimum absolute atomic E-state index is 0.214. The Balaban J connectivity index is 2.43. The molecule has 15 heavy (non-hydrogen) atoms. The van der Waals surface area contributed by atoms with E-state index in [2.05, 4.69) is 0 Å². The first kappa shape index (κ1) is 10.1. The lowest BCUT2D eigenvalue weighted by Crippen LogP contribution is -2.20. The van der Waals surface area contributed by atoms with Gasteiger partial charge in [-0.05, 0) is 17.7 Å². The zero-order valence-corrected chi connectivity index (χ0v) is 8.53. The Hall–Kier alpha value is -1.46. The van der Waals surface area contributed by atoms with E-state index >= 15 is 0 Å². The minimum atomic E-state index is -0.214. The molecule has 5 nitrogen and oxygen atoms in total. The SMILES string of the molecule is COc1cc([C@H](N)CN)cc2c1OCO2. The van der Waals surface area contributed by atoms with Crippen LogP contribution < -0.4 is 25.7 Å². The smallest absolute Gasteiger partial charge is 0.231 e. The van der Waals surface area contributed by atoms with Gasteiger partial charge in [0, 0.05) is 12.6 Å². The van der Waals surface area contributed by atoms with Gasteiger partial charge in [0.2, 0.25) is 12.5 Å². The maximum atomic E-state index is 5.84. The first-order chi connectivity index (χ1) is 7.26. The topological polar surface area (TPSA) is 79.7 Å². The van der Waals surface area contributed by atoms with Crippen LogP contribution in [0.3, 0.4) is 0 Å². The van der Waals surface area contributed by atoms with Gasteiger partial charge in [-0.1, -0.05) is 0 Å². The molecule has 0 fully saturated rings. The summed E-state index contributed by atoms with van der Waals surface area (Å²) in [7, 11) is 1.58. The molecule has 4 N–H and O–H groups in total. The fraction of sp³-hybridized carbons (Fsp3) is 0.400. The Morgan fingerprint density at radius 2 is 2.27 bits per heavy atom. The Morgan fingerprint density at radius 3 is 2.93 bits per heavy atom. The van der Waals surface area contributed by atoms with Gasteiger partial charge in [0.25, 0.3) is 0 Å². The van der Waals surface area contributed by atoms with Gasteiger partial charge >= 0.3 is 0 Å². The average Bonchev–Trinajstić information content (AvgIpc) is 2.74. The number of methoxy groups -OCH3 is 1. The molecule has 2 rings (SSSR count). The molecule has 0 aliphatic carbocycles. The second kappa shape index (κ2) is 3.96. The van der Waals surface area contributed by atoms with Crippen LogP contribution in [0.15, 0.2) is 12.1 Å². The number of fused-ring (bicyclic) bond motifs is 1. The molecule has 1 heterocycles. The summed E-state index contributed by atoms with van der Waals surface area (Å²) in [5, 5.41) is 0. The van der Waals surface area contributed by atoms with Gasteiger partial charge in [-0.15, -0.1) is 0 Å². The second-order valence-corrected chi connectivity index (χ2v) is 3.30. The van der Waals surface area contributed by atoms with Crippen molar-refractivity contribution in [3.8, 4) is 17.2 Å². The van der Waals surface area contributed by atoms with Crippen molar-refractivity contribution in [2.45, 2.75) is 6.04 Å². The van der Waals surface area contributed by atoms with Crippen LogP contribution in [0.2, 0.25) is 0 Å². The van der Waals surface area contributed by atoms with Crippen molar-refractivity contribution in [2.24, 2.45) is 11.5 Å². The molecule has 0 aromatic heterocycles. The Kier molecular flexibility index (Phi) is 2.66. The van der Waals surface area contributed by atoms with Gasteiger partial charge in [0.15, 0.2) is 11.5 Å². The maximum absolute atomic E-state index is 5.84. The number of ether oxygens (including phenoxy) is 3. The molecule has 5 heteroatoms. The Morgan fingerprint density at radius 1 is 1.47 bits per heavy atom. The standard InChI is InChI=1S/C10H14N2O3/c1-13-8-2-6(7(12)4-11)3-9-10(8)15-5-14-9/h2-3,7H,4-5,11-12H2,1H3/t7-/m1/s1. The van der Waals surface area contributed by atoms with Crippen molar-refractivity contribution in [3.05, 3.63) is 17.7 Å². The van der Waals surface area contributed by atoms with Crippen molar-refractivity contribution in [3.63, 3.8) is 0 Å². The van der Waals surface area contributed by atoms with Gasteiger partial charge in [0.05, 0.1) is 7.11 Å². The van der Waals surface area contributed by atoms with Crippen molar-refractivity contribution in [1.29, 1.82) is 0 Å². The number of benzene rings is 1. The van der Waals surface area contributed by atoms with Crippen LogP contribution in [0.4, 0.5) is 0 Å². The molecular formula is C10H14N2O3. The van der Waals surface area contributed by atoms with E-state index in [0.717, 1.165) is 5.56 Å². The van der Waals surface area contributed by atoms with Gasteiger partial charge in [0.1, 0.15) is 0 Å². The number of rotatable bonds is 3. The summed E-state index contributed by atoms with van der Waals surface area (Å²) in [4.78, 5) is 0. The van der Waals surface area contributed by atoms with E-state index in [4.69, 9.17) is 25.7 Å². The minimum Gasteiger partial charge on any atom is -0.493 e. The largest absolute Gasteiger partial charge is 0.493 e. The molecule has 1 aromatic carbocycles. The third-order valence-corrected chi connectivity index (χ3v) is 2.36. The Labute approximate surface area is 87.9 Å². The van der Waals surface area contributed by atoms with Crippen LogP contribution in [-0.2, 0) is 0 Å². The van der Waals surface area contributed by atoms with E-state index < -0.39 is 0 Å². The lowest BCUT2D eigenvalue weighted by molar-refractivity contribution is 0.171. The van der Waals surface area contributed by atoms with E-state index in [1.54, 1.807) is 7.11 Å². The lowest BCUT2D eigenvalue weighted by atomic mass is 10.1.